The smallest absolute Gasteiger partial charge is 0.496 e. The second kappa shape index (κ2) is 7.18. The largest absolute Gasteiger partial charge is 0.737 e. The molecule has 1 aromatic heterocycles. The number of methoxy groups -OCH3 is 1. The fourth-order valence-electron chi connectivity index (χ4n) is 5.63. The minimum Gasteiger partial charge on any atom is -0.496 e. The second-order valence-electron chi connectivity index (χ2n) is 8.30. The Hall–Kier alpha value is -2.70. The quantitative estimate of drug-likeness (QED) is 0.544. The average molecular weight is 428 g/mol. The topological polar surface area (TPSA) is 17.2 Å². The van der Waals surface area contributed by atoms with Gasteiger partial charge in [-0.3, -0.25) is 0 Å². The van der Waals surface area contributed by atoms with Gasteiger partial charge in [0.1, 0.15) is 17.3 Å². The summed E-state index contributed by atoms with van der Waals surface area (Å²) in [7, 11) is 1.48. The second-order valence-corrected chi connectivity index (χ2v) is 8.30. The van der Waals surface area contributed by atoms with Crippen LogP contribution in [0.1, 0.15) is 62.2 Å². The van der Waals surface area contributed by atoms with Crippen LogP contribution in [0.2, 0.25) is 0 Å². The van der Waals surface area contributed by atoms with E-state index in [1.54, 1.807) is 26.0 Å². The molecule has 0 aliphatic carbocycles. The molecule has 0 radical (unpaired) electrons. The molecule has 0 amide bonds. The molecule has 31 heavy (non-hydrogen) atoms. The maximum atomic E-state index is 16.2. The van der Waals surface area contributed by atoms with Gasteiger partial charge < -0.3 is 22.3 Å². The van der Waals surface area contributed by atoms with Crippen molar-refractivity contribution in [3.63, 3.8) is 0 Å². The first-order valence-electron chi connectivity index (χ1n) is 10.8. The maximum absolute atomic E-state index is 16.2. The molecule has 0 atom stereocenters. The fraction of sp³-hybridized carbons (Fsp3) is 0.375. The van der Waals surface area contributed by atoms with Gasteiger partial charge in [0.05, 0.1) is 18.2 Å². The zero-order valence-corrected chi connectivity index (χ0v) is 19.2. The average Bonchev–Trinajstić information content (AvgIpc) is 3.13. The molecule has 0 unspecified atom stereocenters. The molecule has 0 bridgehead atoms. The lowest BCUT2D eigenvalue weighted by atomic mass is 9.83. The highest BCUT2D eigenvalue weighted by Crippen LogP contribution is 2.49. The summed E-state index contributed by atoms with van der Waals surface area (Å²) in [5.74, 6) is -0.156. The number of rotatable bonds is 4. The van der Waals surface area contributed by atoms with E-state index in [9.17, 15) is 0 Å². The summed E-state index contributed by atoms with van der Waals surface area (Å²) in [5, 5.41) is 0. The molecule has 1 aromatic carbocycles. The SMILES string of the molecule is CCC1=C(C)C2=C(c3c(F)cccc3OC)c3c(C)c(CC)c(C)n3[B-](F)(F)[N+]2=C1C. The number of ether oxygens (including phenoxy) is 1. The van der Waals surface area contributed by atoms with E-state index < -0.39 is 12.8 Å². The molecule has 2 aromatic rings. The lowest BCUT2D eigenvalue weighted by Crippen LogP contribution is -2.51. The van der Waals surface area contributed by atoms with E-state index in [-0.39, 0.29) is 5.56 Å². The van der Waals surface area contributed by atoms with Crippen molar-refractivity contribution >= 4 is 18.3 Å². The molecule has 164 valence electrons. The van der Waals surface area contributed by atoms with Gasteiger partial charge in [-0.15, -0.1) is 0 Å². The number of aromatic nitrogens is 1. The van der Waals surface area contributed by atoms with Gasteiger partial charge >= 0.3 is 6.97 Å². The van der Waals surface area contributed by atoms with Crippen LogP contribution in [-0.2, 0) is 6.42 Å². The Labute approximate surface area is 181 Å². The molecule has 3 heterocycles. The Morgan fingerprint density at radius 3 is 2.32 bits per heavy atom. The van der Waals surface area contributed by atoms with Crippen LogP contribution >= 0.6 is 0 Å². The van der Waals surface area contributed by atoms with E-state index in [4.69, 9.17) is 4.74 Å². The van der Waals surface area contributed by atoms with Crippen molar-refractivity contribution in [1.82, 2.24) is 4.48 Å². The molecule has 0 spiro atoms. The van der Waals surface area contributed by atoms with E-state index in [0.717, 1.165) is 31.2 Å². The highest BCUT2D eigenvalue weighted by molar-refractivity contribution is 6.58. The Morgan fingerprint density at radius 2 is 1.74 bits per heavy atom. The number of halogens is 3. The van der Waals surface area contributed by atoms with Crippen molar-refractivity contribution in [2.45, 2.75) is 54.4 Å². The van der Waals surface area contributed by atoms with E-state index in [0.29, 0.717) is 47.0 Å². The van der Waals surface area contributed by atoms with Crippen LogP contribution in [0.4, 0.5) is 13.0 Å². The van der Waals surface area contributed by atoms with Gasteiger partial charge in [-0.05, 0) is 62.6 Å². The molecule has 0 fully saturated rings. The normalized spacial score (nSPS) is 17.5. The summed E-state index contributed by atoms with van der Waals surface area (Å²) in [6.45, 7) is 6.97. The third-order valence-corrected chi connectivity index (χ3v) is 6.94. The summed E-state index contributed by atoms with van der Waals surface area (Å²) in [4.78, 5) is 0. The Bertz CT molecular complexity index is 1220. The molecule has 7 heteroatoms. The number of hydrogen-bond donors (Lipinski definition) is 0. The van der Waals surface area contributed by atoms with Crippen molar-refractivity contribution in [1.29, 1.82) is 0 Å². The van der Waals surface area contributed by atoms with E-state index in [1.165, 1.54) is 13.2 Å². The molecule has 4 rings (SSSR count). The molecular formula is C24H28BF3N2O. The molecule has 2 aliphatic heterocycles. The van der Waals surface area contributed by atoms with Crippen molar-refractivity contribution < 1.29 is 22.2 Å². The minimum absolute atomic E-state index is 0.227. The Kier molecular flexibility index (Phi) is 4.99. The van der Waals surface area contributed by atoms with Crippen LogP contribution in [0, 0.1) is 19.7 Å². The molecular weight excluding hydrogens is 400 g/mol. The fourth-order valence-corrected chi connectivity index (χ4v) is 5.63. The number of nitrogens with zero attached hydrogens (tertiary/aromatic N) is 2. The first kappa shape index (κ1) is 21.5. The van der Waals surface area contributed by atoms with E-state index in [2.05, 4.69) is 0 Å². The van der Waals surface area contributed by atoms with Crippen molar-refractivity contribution in [3.8, 4) is 5.75 Å². The lowest BCUT2D eigenvalue weighted by molar-refractivity contribution is -0.363. The molecule has 0 saturated heterocycles. The highest BCUT2D eigenvalue weighted by Gasteiger charge is 2.57. The first-order chi connectivity index (χ1) is 14.6. The summed E-state index contributed by atoms with van der Waals surface area (Å²) >= 11 is 0. The van der Waals surface area contributed by atoms with Gasteiger partial charge in [-0.1, -0.05) is 19.9 Å². The van der Waals surface area contributed by atoms with Gasteiger partial charge in [-0.2, -0.15) is 0 Å². The Morgan fingerprint density at radius 1 is 1.06 bits per heavy atom. The van der Waals surface area contributed by atoms with Crippen molar-refractivity contribution in [2.24, 2.45) is 0 Å². The first-order valence-corrected chi connectivity index (χ1v) is 10.8. The molecule has 2 aliphatic rings. The van der Waals surface area contributed by atoms with E-state index >= 15 is 13.0 Å². The number of fused-ring (bicyclic) bond motifs is 2. The van der Waals surface area contributed by atoms with Crippen LogP contribution < -0.4 is 4.74 Å². The minimum atomic E-state index is -4.13. The predicted molar refractivity (Wildman–Crippen MR) is 120 cm³/mol. The van der Waals surface area contributed by atoms with Gasteiger partial charge in [0.15, 0.2) is 5.70 Å². The van der Waals surface area contributed by atoms with Crippen LogP contribution in [-0.4, -0.2) is 28.8 Å². The number of allylic oxidation sites excluding steroid dienone is 2. The van der Waals surface area contributed by atoms with Gasteiger partial charge in [0.25, 0.3) is 0 Å². The molecule has 0 saturated carbocycles. The van der Waals surface area contributed by atoms with Gasteiger partial charge in [0, 0.05) is 23.8 Å². The molecule has 0 N–H and O–H groups in total. The third kappa shape index (κ3) is 2.64. The number of benzene rings is 1. The zero-order valence-electron chi connectivity index (χ0n) is 19.2. The Balaban J connectivity index is 2.29. The maximum Gasteiger partial charge on any atom is 0.737 e. The standard InChI is InChI=1S/C24H28BF3N2O/c1-8-17-13(3)23-22(21-19(26)11-10-12-20(21)31-7)24-14(4)18(9-2)16(6)30(24)25(27,28)29(23)15(17)5/h10-12H,8-9H2,1-7H3. The van der Waals surface area contributed by atoms with Gasteiger partial charge in [0.2, 0.25) is 0 Å². The van der Waals surface area contributed by atoms with Crippen molar-refractivity contribution in [2.75, 3.05) is 7.11 Å². The lowest BCUT2D eigenvalue weighted by Gasteiger charge is -2.34. The zero-order chi connectivity index (χ0) is 22.8. The highest BCUT2D eigenvalue weighted by atomic mass is 19.2. The summed E-state index contributed by atoms with van der Waals surface area (Å²) in [6, 6.07) is 4.60. The third-order valence-electron chi connectivity index (χ3n) is 6.94. The summed E-state index contributed by atoms with van der Waals surface area (Å²) < 4.78 is 55.5. The molecule has 3 nitrogen and oxygen atoms in total. The van der Waals surface area contributed by atoms with E-state index in [1.807, 2.05) is 27.7 Å². The van der Waals surface area contributed by atoms with Crippen LogP contribution in [0.5, 0.6) is 5.75 Å². The summed E-state index contributed by atoms with van der Waals surface area (Å²) in [5.41, 5.74) is 5.83. The van der Waals surface area contributed by atoms with Crippen LogP contribution in [0.25, 0.3) is 5.57 Å². The van der Waals surface area contributed by atoms with Crippen LogP contribution in [0.3, 0.4) is 0 Å². The predicted octanol–water partition coefficient (Wildman–Crippen LogP) is 6.02. The van der Waals surface area contributed by atoms with Gasteiger partial charge in [-0.25, -0.2) is 4.39 Å². The summed E-state index contributed by atoms with van der Waals surface area (Å²) in [6.07, 6.45) is 1.25. The van der Waals surface area contributed by atoms with Crippen LogP contribution in [0.15, 0.2) is 35.0 Å². The monoisotopic (exact) mass is 428 g/mol. The number of hydrogen-bond acceptors (Lipinski definition) is 1. The van der Waals surface area contributed by atoms with Crippen molar-refractivity contribution in [3.05, 3.63) is 68.9 Å².